The molecule has 1 heterocycles. The van der Waals surface area contributed by atoms with Crippen LogP contribution in [0, 0.1) is 23.0 Å². The van der Waals surface area contributed by atoms with Crippen LogP contribution in [0.5, 0.6) is 11.5 Å². The van der Waals surface area contributed by atoms with Crippen molar-refractivity contribution in [2.24, 2.45) is 5.73 Å². The van der Waals surface area contributed by atoms with E-state index in [9.17, 15) is 19.1 Å². The largest absolute Gasteiger partial charge is 0.508 e. The van der Waals surface area contributed by atoms with Crippen LogP contribution < -0.4 is 10.5 Å². The van der Waals surface area contributed by atoms with Crippen LogP contribution in [0.1, 0.15) is 17.0 Å². The lowest BCUT2D eigenvalue weighted by molar-refractivity contribution is 0.387. The second-order valence-electron chi connectivity index (χ2n) is 4.81. The molecule has 3 N–H and O–H groups in total. The maximum atomic E-state index is 14.1. The fraction of sp³-hybridized carbons (Fsp3) is 0.0625. The number of hydrogen-bond donors (Lipinski definition) is 2. The number of hydrogen-bond acceptors (Lipinski definition) is 4. The first-order chi connectivity index (χ1) is 10.5. The maximum absolute atomic E-state index is 14.1. The number of phenolic OH excluding ortho intramolecular Hbond substituents is 1. The topological polar surface area (TPSA) is 79.3 Å². The Morgan fingerprint density at radius 1 is 1.14 bits per heavy atom. The third kappa shape index (κ3) is 2.13. The summed E-state index contributed by atoms with van der Waals surface area (Å²) in [5, 5.41) is 18.8. The van der Waals surface area contributed by atoms with E-state index in [1.165, 1.54) is 18.2 Å². The van der Waals surface area contributed by atoms with Crippen molar-refractivity contribution in [2.75, 3.05) is 0 Å². The summed E-state index contributed by atoms with van der Waals surface area (Å²) in [6, 6.07) is 9.06. The number of halogens is 2. The van der Waals surface area contributed by atoms with Crippen molar-refractivity contribution in [1.82, 2.24) is 0 Å². The number of fused-ring (bicyclic) bond motifs is 1. The first kappa shape index (κ1) is 13.9. The molecule has 3 rings (SSSR count). The molecule has 2 aromatic rings. The zero-order valence-electron chi connectivity index (χ0n) is 11.2. The lowest BCUT2D eigenvalue weighted by Gasteiger charge is -2.26. The highest BCUT2D eigenvalue weighted by molar-refractivity contribution is 5.57. The van der Waals surface area contributed by atoms with E-state index in [0.717, 1.165) is 18.2 Å². The third-order valence-electron chi connectivity index (χ3n) is 3.47. The van der Waals surface area contributed by atoms with Gasteiger partial charge in [-0.05, 0) is 24.3 Å². The van der Waals surface area contributed by atoms with Crippen LogP contribution in [-0.4, -0.2) is 5.11 Å². The molecule has 6 heteroatoms. The molecule has 4 nitrogen and oxygen atoms in total. The summed E-state index contributed by atoms with van der Waals surface area (Å²) in [4.78, 5) is 0. The van der Waals surface area contributed by atoms with Gasteiger partial charge < -0.3 is 15.6 Å². The lowest BCUT2D eigenvalue weighted by Crippen LogP contribution is -2.21. The minimum absolute atomic E-state index is 0.0114. The van der Waals surface area contributed by atoms with Gasteiger partial charge in [0.2, 0.25) is 5.88 Å². The van der Waals surface area contributed by atoms with Crippen molar-refractivity contribution in [3.05, 3.63) is 70.6 Å². The van der Waals surface area contributed by atoms with Gasteiger partial charge in [-0.1, -0.05) is 6.07 Å². The number of allylic oxidation sites excluding steroid dienone is 1. The smallest absolute Gasteiger partial charge is 0.205 e. The summed E-state index contributed by atoms with van der Waals surface area (Å²) in [6.45, 7) is 0. The molecule has 2 aromatic carbocycles. The van der Waals surface area contributed by atoms with E-state index >= 15 is 0 Å². The van der Waals surface area contributed by atoms with Gasteiger partial charge in [0.15, 0.2) is 0 Å². The zero-order valence-corrected chi connectivity index (χ0v) is 11.2. The van der Waals surface area contributed by atoms with Crippen molar-refractivity contribution >= 4 is 0 Å². The minimum Gasteiger partial charge on any atom is -0.508 e. The standard InChI is InChI=1S/C16H10F2N2O2/c17-8-1-4-13(18)11(5-8)15-10-3-2-9(21)6-14(10)22-16(20)12(15)7-19/h1-6,15,21H,20H2. The Kier molecular flexibility index (Phi) is 3.18. The van der Waals surface area contributed by atoms with Gasteiger partial charge >= 0.3 is 0 Å². The quantitative estimate of drug-likeness (QED) is 0.848. The second kappa shape index (κ2) is 5.04. The number of nitrogens with zero attached hydrogens (tertiary/aromatic N) is 1. The molecule has 22 heavy (non-hydrogen) atoms. The number of nitrogens with two attached hydrogens (primary N) is 1. The lowest BCUT2D eigenvalue weighted by atomic mass is 9.83. The number of ether oxygens (including phenoxy) is 1. The molecule has 0 aliphatic carbocycles. The van der Waals surface area contributed by atoms with Gasteiger partial charge in [-0.15, -0.1) is 0 Å². The Labute approximate surface area is 124 Å². The molecule has 0 saturated carbocycles. The highest BCUT2D eigenvalue weighted by Gasteiger charge is 2.32. The maximum Gasteiger partial charge on any atom is 0.205 e. The molecule has 0 fully saturated rings. The second-order valence-corrected chi connectivity index (χ2v) is 4.81. The summed E-state index contributed by atoms with van der Waals surface area (Å²) < 4.78 is 32.9. The van der Waals surface area contributed by atoms with Crippen molar-refractivity contribution < 1.29 is 18.6 Å². The molecule has 0 bridgehead atoms. The molecule has 0 amide bonds. The van der Waals surface area contributed by atoms with Crippen molar-refractivity contribution in [3.63, 3.8) is 0 Å². The van der Waals surface area contributed by atoms with E-state index in [2.05, 4.69) is 0 Å². The molecule has 1 unspecified atom stereocenters. The summed E-state index contributed by atoms with van der Waals surface area (Å²) in [7, 11) is 0. The highest BCUT2D eigenvalue weighted by atomic mass is 19.1. The number of aromatic hydroxyl groups is 1. The predicted molar refractivity (Wildman–Crippen MR) is 73.8 cm³/mol. The zero-order chi connectivity index (χ0) is 15.9. The summed E-state index contributed by atoms with van der Waals surface area (Å²) >= 11 is 0. The summed E-state index contributed by atoms with van der Waals surface area (Å²) in [6.07, 6.45) is 0. The molecule has 0 aromatic heterocycles. The van der Waals surface area contributed by atoms with Gasteiger partial charge in [-0.25, -0.2) is 8.78 Å². The molecule has 0 radical (unpaired) electrons. The number of phenols is 1. The predicted octanol–water partition coefficient (Wildman–Crippen LogP) is 2.89. The average molecular weight is 300 g/mol. The van der Waals surface area contributed by atoms with Gasteiger partial charge in [0, 0.05) is 17.2 Å². The number of benzene rings is 2. The van der Waals surface area contributed by atoms with Crippen LogP contribution in [-0.2, 0) is 0 Å². The summed E-state index contributed by atoms with van der Waals surface area (Å²) in [5.74, 6) is -2.25. The Hall–Kier alpha value is -3.07. The fourth-order valence-corrected chi connectivity index (χ4v) is 2.50. The Morgan fingerprint density at radius 2 is 1.91 bits per heavy atom. The van der Waals surface area contributed by atoms with Crippen LogP contribution in [0.15, 0.2) is 47.9 Å². The van der Waals surface area contributed by atoms with Gasteiger partial charge in [-0.2, -0.15) is 5.26 Å². The SMILES string of the molecule is N#CC1=C(N)Oc2cc(O)ccc2C1c1cc(F)ccc1F. The molecular weight excluding hydrogens is 290 g/mol. The molecule has 1 aliphatic rings. The average Bonchev–Trinajstić information content (AvgIpc) is 2.48. The Balaban J connectivity index is 2.28. The molecule has 1 aliphatic heterocycles. The minimum atomic E-state index is -0.898. The number of rotatable bonds is 1. The molecular formula is C16H10F2N2O2. The van der Waals surface area contributed by atoms with Crippen molar-refractivity contribution in [3.8, 4) is 17.6 Å². The molecule has 0 saturated heterocycles. The van der Waals surface area contributed by atoms with Crippen LogP contribution in [0.2, 0.25) is 0 Å². The highest BCUT2D eigenvalue weighted by Crippen LogP contribution is 2.43. The van der Waals surface area contributed by atoms with E-state index in [1.807, 2.05) is 6.07 Å². The first-order valence-corrected chi connectivity index (χ1v) is 6.36. The monoisotopic (exact) mass is 300 g/mol. The Morgan fingerprint density at radius 3 is 2.64 bits per heavy atom. The van der Waals surface area contributed by atoms with Crippen LogP contribution >= 0.6 is 0 Å². The van der Waals surface area contributed by atoms with E-state index in [1.54, 1.807) is 0 Å². The molecule has 110 valence electrons. The molecule has 0 spiro atoms. The fourth-order valence-electron chi connectivity index (χ4n) is 2.50. The third-order valence-corrected chi connectivity index (χ3v) is 3.47. The number of nitriles is 1. The van der Waals surface area contributed by atoms with E-state index in [0.29, 0.717) is 5.56 Å². The van der Waals surface area contributed by atoms with Gasteiger partial charge in [0.25, 0.3) is 0 Å². The first-order valence-electron chi connectivity index (χ1n) is 6.36. The van der Waals surface area contributed by atoms with Crippen LogP contribution in [0.4, 0.5) is 8.78 Å². The van der Waals surface area contributed by atoms with Crippen LogP contribution in [0.25, 0.3) is 0 Å². The van der Waals surface area contributed by atoms with Crippen LogP contribution in [0.3, 0.4) is 0 Å². The summed E-state index contributed by atoms with van der Waals surface area (Å²) in [5.41, 5.74) is 6.10. The van der Waals surface area contributed by atoms with Gasteiger partial charge in [-0.3, -0.25) is 0 Å². The van der Waals surface area contributed by atoms with E-state index in [4.69, 9.17) is 10.5 Å². The van der Waals surface area contributed by atoms with E-state index in [-0.39, 0.29) is 28.5 Å². The van der Waals surface area contributed by atoms with E-state index < -0.39 is 17.6 Å². The van der Waals surface area contributed by atoms with Gasteiger partial charge in [0.05, 0.1) is 5.92 Å². The Bertz CT molecular complexity index is 841. The van der Waals surface area contributed by atoms with Gasteiger partial charge in [0.1, 0.15) is 34.8 Å². The van der Waals surface area contributed by atoms with Crippen molar-refractivity contribution in [1.29, 1.82) is 5.26 Å². The normalized spacial score (nSPS) is 16.7. The van der Waals surface area contributed by atoms with Crippen molar-refractivity contribution in [2.45, 2.75) is 5.92 Å². The molecule has 1 atom stereocenters.